The normalized spacial score (nSPS) is 27.9. The second-order valence-corrected chi connectivity index (χ2v) is 5.49. The van der Waals surface area contributed by atoms with Crippen molar-refractivity contribution >= 4 is 0 Å². The molecule has 0 radical (unpaired) electrons. The maximum absolute atomic E-state index is 3.76. The van der Waals surface area contributed by atoms with Gasteiger partial charge in [-0.05, 0) is 51.1 Å². The lowest BCUT2D eigenvalue weighted by atomic mass is 9.93. The molecule has 2 fully saturated rings. The fourth-order valence-electron chi connectivity index (χ4n) is 3.40. The number of hydrogen-bond donors (Lipinski definition) is 0. The molecule has 0 unspecified atom stereocenters. The summed E-state index contributed by atoms with van der Waals surface area (Å²) >= 11 is 0. The summed E-state index contributed by atoms with van der Waals surface area (Å²) in [6.45, 7) is 7.26. The first-order valence-corrected chi connectivity index (χ1v) is 6.92. The maximum Gasteiger partial charge on any atom is 0.0142 e. The van der Waals surface area contributed by atoms with E-state index in [4.69, 9.17) is 0 Å². The standard InChI is InChI=1S/C15H25N/c1-3-13(2)12-15-10-7-11-16(15)14-8-5-4-6-9-14/h14-15H,1,4-12H2,2H3/t15-/m0/s1. The van der Waals surface area contributed by atoms with Gasteiger partial charge in [-0.25, -0.2) is 0 Å². The van der Waals surface area contributed by atoms with Gasteiger partial charge in [0.15, 0.2) is 0 Å². The summed E-state index contributed by atoms with van der Waals surface area (Å²) in [5, 5.41) is 0. The van der Waals surface area contributed by atoms with Gasteiger partial charge in [0.25, 0.3) is 0 Å². The number of nitrogens with zero attached hydrogens (tertiary/aromatic N) is 1. The quantitative estimate of drug-likeness (QED) is 0.651. The second-order valence-electron chi connectivity index (χ2n) is 5.49. The molecule has 0 aromatic heterocycles. The van der Waals surface area contributed by atoms with Crippen molar-refractivity contribution in [3.63, 3.8) is 0 Å². The summed E-state index contributed by atoms with van der Waals surface area (Å²) in [5.74, 6) is 0. The van der Waals surface area contributed by atoms with Crippen molar-refractivity contribution in [3.05, 3.63) is 17.9 Å². The molecule has 1 heterocycles. The SMILES string of the molecule is C=C=C(C)C[C@@H]1CCCN1C1CCCCC1. The fraction of sp³-hybridized carbons (Fsp3) is 0.800. The molecule has 1 atom stereocenters. The minimum Gasteiger partial charge on any atom is -0.297 e. The lowest BCUT2D eigenvalue weighted by Crippen LogP contribution is -2.40. The van der Waals surface area contributed by atoms with Crippen molar-refractivity contribution in [2.75, 3.05) is 6.54 Å². The van der Waals surface area contributed by atoms with Gasteiger partial charge in [0.1, 0.15) is 0 Å². The van der Waals surface area contributed by atoms with Crippen LogP contribution in [0.5, 0.6) is 0 Å². The van der Waals surface area contributed by atoms with Gasteiger partial charge >= 0.3 is 0 Å². The topological polar surface area (TPSA) is 3.24 Å². The van der Waals surface area contributed by atoms with Crippen molar-refractivity contribution in [1.82, 2.24) is 4.90 Å². The summed E-state index contributed by atoms with van der Waals surface area (Å²) in [6.07, 6.45) is 11.2. The molecular formula is C15H25N. The number of rotatable bonds is 3. The lowest BCUT2D eigenvalue weighted by Gasteiger charge is -2.35. The first kappa shape index (κ1) is 12.0. The van der Waals surface area contributed by atoms with Crippen LogP contribution in [0, 0.1) is 0 Å². The van der Waals surface area contributed by atoms with Gasteiger partial charge in [-0.3, -0.25) is 4.90 Å². The molecule has 0 N–H and O–H groups in total. The summed E-state index contributed by atoms with van der Waals surface area (Å²) < 4.78 is 0. The van der Waals surface area contributed by atoms with E-state index >= 15 is 0 Å². The van der Waals surface area contributed by atoms with Gasteiger partial charge < -0.3 is 0 Å². The van der Waals surface area contributed by atoms with Crippen LogP contribution in [0.25, 0.3) is 0 Å². The average molecular weight is 219 g/mol. The zero-order valence-electron chi connectivity index (χ0n) is 10.7. The Kier molecular flexibility index (Phi) is 4.26. The van der Waals surface area contributed by atoms with Crippen molar-refractivity contribution in [3.8, 4) is 0 Å². The zero-order chi connectivity index (χ0) is 11.4. The summed E-state index contributed by atoms with van der Waals surface area (Å²) in [6, 6.07) is 1.68. The predicted octanol–water partition coefficient (Wildman–Crippen LogP) is 3.90. The number of likely N-dealkylation sites (tertiary alicyclic amines) is 1. The Labute approximate surface area is 100 Å². The molecule has 1 aliphatic heterocycles. The number of hydrogen-bond acceptors (Lipinski definition) is 1. The molecule has 1 saturated carbocycles. The van der Waals surface area contributed by atoms with E-state index in [2.05, 4.69) is 24.1 Å². The van der Waals surface area contributed by atoms with Gasteiger partial charge in [-0.2, -0.15) is 0 Å². The van der Waals surface area contributed by atoms with Crippen LogP contribution in [0.15, 0.2) is 17.9 Å². The highest BCUT2D eigenvalue weighted by atomic mass is 15.2. The molecule has 1 heteroatoms. The van der Waals surface area contributed by atoms with E-state index in [9.17, 15) is 0 Å². The van der Waals surface area contributed by atoms with Crippen LogP contribution in [0.4, 0.5) is 0 Å². The van der Waals surface area contributed by atoms with Crippen molar-refractivity contribution < 1.29 is 0 Å². The molecule has 16 heavy (non-hydrogen) atoms. The monoisotopic (exact) mass is 219 g/mol. The Morgan fingerprint density at radius 2 is 1.94 bits per heavy atom. The van der Waals surface area contributed by atoms with Crippen molar-refractivity contribution in [2.45, 2.75) is 70.4 Å². The average Bonchev–Trinajstić information content (AvgIpc) is 2.78. The van der Waals surface area contributed by atoms with E-state index in [1.54, 1.807) is 0 Å². The van der Waals surface area contributed by atoms with Crippen LogP contribution >= 0.6 is 0 Å². The highest BCUT2D eigenvalue weighted by Crippen LogP contribution is 2.31. The first-order chi connectivity index (χ1) is 7.81. The molecule has 0 spiro atoms. The molecule has 1 saturated heterocycles. The Hall–Kier alpha value is -0.520. The largest absolute Gasteiger partial charge is 0.297 e. The van der Waals surface area contributed by atoms with Gasteiger partial charge in [0, 0.05) is 12.1 Å². The molecule has 0 aromatic rings. The Morgan fingerprint density at radius 3 is 2.62 bits per heavy atom. The molecule has 2 rings (SSSR count). The Balaban J connectivity index is 1.94. The van der Waals surface area contributed by atoms with Crippen LogP contribution in [-0.2, 0) is 0 Å². The van der Waals surface area contributed by atoms with E-state index in [1.165, 1.54) is 63.5 Å². The molecule has 90 valence electrons. The smallest absolute Gasteiger partial charge is 0.0142 e. The molecular weight excluding hydrogens is 194 g/mol. The third kappa shape index (κ3) is 2.78. The van der Waals surface area contributed by atoms with Crippen LogP contribution in [-0.4, -0.2) is 23.5 Å². The van der Waals surface area contributed by atoms with Gasteiger partial charge in [-0.15, -0.1) is 5.73 Å². The van der Waals surface area contributed by atoms with Gasteiger partial charge in [-0.1, -0.05) is 25.8 Å². The van der Waals surface area contributed by atoms with E-state index in [-0.39, 0.29) is 0 Å². The van der Waals surface area contributed by atoms with E-state index in [0.29, 0.717) is 0 Å². The Morgan fingerprint density at radius 1 is 1.19 bits per heavy atom. The molecule has 0 bridgehead atoms. The third-order valence-corrected chi connectivity index (χ3v) is 4.31. The van der Waals surface area contributed by atoms with Crippen LogP contribution in [0.1, 0.15) is 58.3 Å². The summed E-state index contributed by atoms with van der Waals surface area (Å²) in [4.78, 5) is 2.79. The molecule has 0 amide bonds. The predicted molar refractivity (Wildman–Crippen MR) is 69.5 cm³/mol. The summed E-state index contributed by atoms with van der Waals surface area (Å²) in [5.41, 5.74) is 4.40. The van der Waals surface area contributed by atoms with Crippen LogP contribution < -0.4 is 0 Å². The third-order valence-electron chi connectivity index (χ3n) is 4.31. The van der Waals surface area contributed by atoms with E-state index < -0.39 is 0 Å². The first-order valence-electron chi connectivity index (χ1n) is 6.92. The molecule has 0 aromatic carbocycles. The molecule has 2 aliphatic rings. The van der Waals surface area contributed by atoms with Crippen LogP contribution in [0.3, 0.4) is 0 Å². The van der Waals surface area contributed by atoms with Gasteiger partial charge in [0.05, 0.1) is 0 Å². The lowest BCUT2D eigenvalue weighted by molar-refractivity contribution is 0.141. The minimum atomic E-state index is 0.789. The van der Waals surface area contributed by atoms with E-state index in [1.807, 2.05) is 0 Å². The zero-order valence-corrected chi connectivity index (χ0v) is 10.7. The van der Waals surface area contributed by atoms with Gasteiger partial charge in [0.2, 0.25) is 0 Å². The maximum atomic E-state index is 3.76. The van der Waals surface area contributed by atoms with Crippen molar-refractivity contribution in [2.24, 2.45) is 0 Å². The summed E-state index contributed by atoms with van der Waals surface area (Å²) in [7, 11) is 0. The molecule has 1 nitrogen and oxygen atoms in total. The highest BCUT2D eigenvalue weighted by molar-refractivity contribution is 5.00. The second kappa shape index (κ2) is 5.70. The Bertz CT molecular complexity index is 269. The minimum absolute atomic E-state index is 0.789. The molecule has 1 aliphatic carbocycles. The fourth-order valence-corrected chi connectivity index (χ4v) is 3.40. The van der Waals surface area contributed by atoms with E-state index in [0.717, 1.165) is 12.1 Å². The van der Waals surface area contributed by atoms with Crippen molar-refractivity contribution in [1.29, 1.82) is 0 Å². The highest BCUT2D eigenvalue weighted by Gasteiger charge is 2.31. The van der Waals surface area contributed by atoms with Crippen LogP contribution in [0.2, 0.25) is 0 Å².